The second kappa shape index (κ2) is 4.24. The summed E-state index contributed by atoms with van der Waals surface area (Å²) >= 11 is 5.71. The number of likely N-dealkylation sites (N-methyl/N-ethyl adjacent to an activating group) is 1. The van der Waals surface area contributed by atoms with Crippen LogP contribution in [0.25, 0.3) is 0 Å². The Hall–Kier alpha value is -1.00. The number of carbonyl (C=O) groups excluding carboxylic acids is 1. The minimum atomic E-state index is -0.158. The van der Waals surface area contributed by atoms with Crippen molar-refractivity contribution in [3.63, 3.8) is 0 Å². The maximum atomic E-state index is 11.7. The Morgan fingerprint density at radius 2 is 2.53 bits per heavy atom. The molecular formula is C10H13ClN2O2. The molecule has 1 aliphatic rings. The molecule has 4 nitrogen and oxygen atoms in total. The van der Waals surface area contributed by atoms with Gasteiger partial charge < -0.3 is 14.6 Å². The Balaban J connectivity index is 1.96. The summed E-state index contributed by atoms with van der Waals surface area (Å²) in [5.41, 5.74) is 0.409. The second-order valence-corrected chi connectivity index (χ2v) is 4.17. The van der Waals surface area contributed by atoms with Gasteiger partial charge in [0.25, 0.3) is 5.91 Å². The zero-order valence-corrected chi connectivity index (χ0v) is 9.25. The third-order valence-electron chi connectivity index (χ3n) is 2.59. The van der Waals surface area contributed by atoms with Crippen molar-refractivity contribution in [2.45, 2.75) is 12.5 Å². The molecule has 1 unspecified atom stereocenters. The fourth-order valence-electron chi connectivity index (χ4n) is 1.77. The van der Waals surface area contributed by atoms with E-state index in [-0.39, 0.29) is 17.2 Å². The second-order valence-electron chi connectivity index (χ2n) is 3.83. The Morgan fingerprint density at radius 1 is 1.73 bits per heavy atom. The number of rotatable bonds is 2. The normalized spacial score (nSPS) is 21.9. The lowest BCUT2D eigenvalue weighted by atomic mass is 10.2. The molecule has 1 saturated heterocycles. The molecule has 1 aliphatic heterocycles. The van der Waals surface area contributed by atoms with Crippen LogP contribution in [0.1, 0.15) is 16.8 Å². The van der Waals surface area contributed by atoms with Crippen molar-refractivity contribution >= 4 is 17.5 Å². The molecule has 0 aliphatic carbocycles. The van der Waals surface area contributed by atoms with Gasteiger partial charge in [0.15, 0.2) is 0 Å². The summed E-state index contributed by atoms with van der Waals surface area (Å²) in [4.78, 5) is 13.9. The molecule has 1 fully saturated rings. The summed E-state index contributed by atoms with van der Waals surface area (Å²) in [5.74, 6) is -0.158. The number of nitrogens with one attached hydrogen (secondary N) is 1. The molecule has 15 heavy (non-hydrogen) atoms. The maximum absolute atomic E-state index is 11.7. The van der Waals surface area contributed by atoms with Crippen molar-refractivity contribution < 1.29 is 9.21 Å². The van der Waals surface area contributed by atoms with Crippen LogP contribution in [0, 0.1) is 0 Å². The molecular weight excluding hydrogens is 216 g/mol. The molecule has 0 aromatic carbocycles. The number of likely N-dealkylation sites (tertiary alicyclic amines) is 1. The van der Waals surface area contributed by atoms with Crippen molar-refractivity contribution in [1.29, 1.82) is 0 Å². The van der Waals surface area contributed by atoms with Gasteiger partial charge in [-0.05, 0) is 37.7 Å². The molecule has 0 spiro atoms. The number of hydrogen-bond donors (Lipinski definition) is 1. The zero-order valence-electron chi connectivity index (χ0n) is 8.50. The highest BCUT2D eigenvalue weighted by Gasteiger charge is 2.23. The number of halogens is 1. The lowest BCUT2D eigenvalue weighted by Crippen LogP contribution is -2.36. The van der Waals surface area contributed by atoms with Crippen LogP contribution in [-0.4, -0.2) is 37.0 Å². The minimum absolute atomic E-state index is 0.152. The average Bonchev–Trinajstić information content (AvgIpc) is 2.75. The highest BCUT2D eigenvalue weighted by atomic mass is 35.5. The summed E-state index contributed by atoms with van der Waals surface area (Å²) in [6.45, 7) is 1.91. The molecule has 0 bridgehead atoms. The minimum Gasteiger partial charge on any atom is -0.452 e. The van der Waals surface area contributed by atoms with Gasteiger partial charge in [-0.15, -0.1) is 0 Å². The Morgan fingerprint density at radius 3 is 3.07 bits per heavy atom. The van der Waals surface area contributed by atoms with E-state index in [1.807, 2.05) is 7.05 Å². The van der Waals surface area contributed by atoms with E-state index in [0.29, 0.717) is 5.56 Å². The molecule has 2 rings (SSSR count). The van der Waals surface area contributed by atoms with Crippen molar-refractivity contribution in [3.8, 4) is 0 Å². The molecule has 5 heteroatoms. The van der Waals surface area contributed by atoms with Crippen molar-refractivity contribution in [3.05, 3.63) is 23.1 Å². The fourth-order valence-corrected chi connectivity index (χ4v) is 1.97. The van der Waals surface area contributed by atoms with Crippen molar-refractivity contribution in [2.24, 2.45) is 0 Å². The molecule has 82 valence electrons. The summed E-state index contributed by atoms with van der Waals surface area (Å²) in [7, 11) is 2.04. The standard InChI is InChI=1S/C10H13ClN2O2/c1-13-4-2-7(6-13)12-10(14)8-3-5-15-9(8)11/h3,5,7H,2,4,6H2,1H3,(H,12,14). The van der Waals surface area contributed by atoms with E-state index in [0.717, 1.165) is 19.5 Å². The first-order valence-electron chi connectivity index (χ1n) is 4.89. The van der Waals surface area contributed by atoms with Gasteiger partial charge in [0.1, 0.15) is 0 Å². The summed E-state index contributed by atoms with van der Waals surface area (Å²) in [6.07, 6.45) is 2.40. The Labute approximate surface area is 93.2 Å². The van der Waals surface area contributed by atoms with Crippen LogP contribution >= 0.6 is 11.6 Å². The van der Waals surface area contributed by atoms with Crippen LogP contribution < -0.4 is 5.32 Å². The number of amides is 1. The molecule has 0 saturated carbocycles. The number of hydrogen-bond acceptors (Lipinski definition) is 3. The van der Waals surface area contributed by atoms with E-state index in [1.54, 1.807) is 6.07 Å². The monoisotopic (exact) mass is 228 g/mol. The van der Waals surface area contributed by atoms with Crippen LogP contribution in [-0.2, 0) is 0 Å². The predicted octanol–water partition coefficient (Wildman–Crippen LogP) is 1.37. The average molecular weight is 229 g/mol. The van der Waals surface area contributed by atoms with E-state index in [9.17, 15) is 4.79 Å². The van der Waals surface area contributed by atoms with Crippen LogP contribution in [0.4, 0.5) is 0 Å². The summed E-state index contributed by atoms with van der Waals surface area (Å²) < 4.78 is 4.87. The Kier molecular flexibility index (Phi) is 2.98. The summed E-state index contributed by atoms with van der Waals surface area (Å²) in [5, 5.41) is 3.08. The van der Waals surface area contributed by atoms with Gasteiger partial charge in [-0.25, -0.2) is 0 Å². The molecule has 2 heterocycles. The van der Waals surface area contributed by atoms with Gasteiger partial charge in [0.2, 0.25) is 5.22 Å². The zero-order chi connectivity index (χ0) is 10.8. The van der Waals surface area contributed by atoms with Crippen LogP contribution in [0.2, 0.25) is 5.22 Å². The van der Waals surface area contributed by atoms with E-state index < -0.39 is 0 Å². The maximum Gasteiger partial charge on any atom is 0.256 e. The lowest BCUT2D eigenvalue weighted by molar-refractivity contribution is 0.0938. The number of furan rings is 1. The third kappa shape index (κ3) is 2.33. The molecule has 0 radical (unpaired) electrons. The molecule has 1 aromatic rings. The Bertz CT molecular complexity index is 364. The first-order chi connectivity index (χ1) is 7.16. The van der Waals surface area contributed by atoms with Gasteiger partial charge in [0, 0.05) is 12.6 Å². The number of nitrogens with zero attached hydrogens (tertiary/aromatic N) is 1. The molecule has 1 amide bonds. The first-order valence-corrected chi connectivity index (χ1v) is 5.27. The topological polar surface area (TPSA) is 45.5 Å². The van der Waals surface area contributed by atoms with Crippen LogP contribution in [0.5, 0.6) is 0 Å². The van der Waals surface area contributed by atoms with Gasteiger partial charge in [0.05, 0.1) is 11.8 Å². The van der Waals surface area contributed by atoms with Gasteiger partial charge in [-0.1, -0.05) is 0 Å². The molecule has 1 aromatic heterocycles. The van der Waals surface area contributed by atoms with E-state index in [2.05, 4.69) is 10.2 Å². The van der Waals surface area contributed by atoms with Gasteiger partial charge >= 0.3 is 0 Å². The highest BCUT2D eigenvalue weighted by molar-refractivity contribution is 6.32. The highest BCUT2D eigenvalue weighted by Crippen LogP contribution is 2.17. The largest absolute Gasteiger partial charge is 0.452 e. The molecule has 1 N–H and O–H groups in total. The first kappa shape index (κ1) is 10.5. The van der Waals surface area contributed by atoms with Gasteiger partial charge in [-0.2, -0.15) is 0 Å². The summed E-state index contributed by atoms with van der Waals surface area (Å²) in [6, 6.07) is 1.80. The number of carbonyl (C=O) groups is 1. The third-order valence-corrected chi connectivity index (χ3v) is 2.88. The van der Waals surface area contributed by atoms with Gasteiger partial charge in [-0.3, -0.25) is 4.79 Å². The smallest absolute Gasteiger partial charge is 0.256 e. The van der Waals surface area contributed by atoms with Crippen LogP contribution in [0.3, 0.4) is 0 Å². The predicted molar refractivity (Wildman–Crippen MR) is 57.1 cm³/mol. The van der Waals surface area contributed by atoms with Crippen molar-refractivity contribution in [2.75, 3.05) is 20.1 Å². The van der Waals surface area contributed by atoms with Crippen molar-refractivity contribution in [1.82, 2.24) is 10.2 Å². The SMILES string of the molecule is CN1CCC(NC(=O)c2ccoc2Cl)C1. The van der Waals surface area contributed by atoms with E-state index in [4.69, 9.17) is 16.0 Å². The van der Waals surface area contributed by atoms with Crippen LogP contribution in [0.15, 0.2) is 16.7 Å². The quantitative estimate of drug-likeness (QED) is 0.832. The molecule has 1 atom stereocenters. The van der Waals surface area contributed by atoms with E-state index >= 15 is 0 Å². The van der Waals surface area contributed by atoms with E-state index in [1.165, 1.54) is 6.26 Å². The fraction of sp³-hybridized carbons (Fsp3) is 0.500. The lowest BCUT2D eigenvalue weighted by Gasteiger charge is -2.11.